The molecule has 0 spiro atoms. The minimum absolute atomic E-state index is 0.479. The van der Waals surface area contributed by atoms with Gasteiger partial charge >= 0.3 is 6.97 Å². The van der Waals surface area contributed by atoms with Crippen LogP contribution < -0.4 is 0 Å². The predicted octanol–water partition coefficient (Wildman–Crippen LogP) is 5.41. The van der Waals surface area contributed by atoms with Crippen LogP contribution in [0, 0.1) is 19.7 Å². The first-order chi connectivity index (χ1) is 13.7. The Hall–Kier alpha value is -2.57. The van der Waals surface area contributed by atoms with Gasteiger partial charge in [-0.2, -0.15) is 0 Å². The van der Waals surface area contributed by atoms with Crippen LogP contribution in [0.2, 0.25) is 0 Å². The number of allylic oxidation sites excluding steroid dienone is 2. The highest BCUT2D eigenvalue weighted by Gasteiger charge is 2.56. The van der Waals surface area contributed by atoms with E-state index in [1.807, 2.05) is 27.7 Å². The largest absolute Gasteiger partial charge is 0.737 e. The maximum atomic E-state index is 16.0. The highest BCUT2D eigenvalue weighted by Crippen LogP contribution is 2.46. The van der Waals surface area contributed by atoms with E-state index >= 15 is 8.63 Å². The summed E-state index contributed by atoms with van der Waals surface area (Å²) in [7, 11) is 0. The molecule has 0 atom stereocenters. The fourth-order valence-corrected chi connectivity index (χ4v) is 5.30. The van der Waals surface area contributed by atoms with Gasteiger partial charge in [0, 0.05) is 35.5 Å². The molecule has 7 heteroatoms. The number of rotatable bonds is 3. The zero-order valence-electron chi connectivity index (χ0n) is 17.7. The number of hydrogen-bond acceptors (Lipinski definition) is 1. The Balaban J connectivity index is 2.24. The number of fused-ring (bicyclic) bond motifs is 2. The lowest BCUT2D eigenvalue weighted by Crippen LogP contribution is -2.51. The van der Waals surface area contributed by atoms with Gasteiger partial charge in [-0.05, 0) is 56.5 Å². The van der Waals surface area contributed by atoms with Crippen LogP contribution in [-0.2, 0) is 6.42 Å². The molecule has 0 fully saturated rings. The van der Waals surface area contributed by atoms with Gasteiger partial charge in [0.2, 0.25) is 0 Å². The van der Waals surface area contributed by atoms with Crippen LogP contribution in [0.5, 0.6) is 0 Å². The summed E-state index contributed by atoms with van der Waals surface area (Å²) in [5.74, 6) is -0.482. The quantitative estimate of drug-likeness (QED) is 0.633. The molecule has 0 saturated heterocycles. The monoisotopic (exact) mass is 399 g/mol. The first-order valence-corrected chi connectivity index (χ1v) is 10.1. The predicted molar refractivity (Wildman–Crippen MR) is 111 cm³/mol. The third-order valence-electron chi connectivity index (χ3n) is 6.49. The molecule has 0 aliphatic carbocycles. The molecule has 2 aliphatic heterocycles. The Kier molecular flexibility index (Phi) is 4.41. The number of pyridine rings is 1. The van der Waals surface area contributed by atoms with Gasteiger partial charge in [0.1, 0.15) is 11.5 Å². The van der Waals surface area contributed by atoms with Gasteiger partial charge in [0.05, 0.1) is 11.8 Å². The molecule has 0 bridgehead atoms. The summed E-state index contributed by atoms with van der Waals surface area (Å²) in [6, 6.07) is 1.38. The second kappa shape index (κ2) is 6.47. The molecular weight excluding hydrogens is 374 g/mol. The molecule has 152 valence electrons. The van der Waals surface area contributed by atoms with Crippen molar-refractivity contribution in [2.45, 2.75) is 54.4 Å². The van der Waals surface area contributed by atoms with E-state index in [2.05, 4.69) is 4.98 Å². The molecule has 0 radical (unpaired) electrons. The van der Waals surface area contributed by atoms with Crippen LogP contribution in [0.25, 0.3) is 5.57 Å². The third-order valence-corrected chi connectivity index (χ3v) is 6.49. The first-order valence-electron chi connectivity index (χ1n) is 10.1. The van der Waals surface area contributed by atoms with Gasteiger partial charge < -0.3 is 17.6 Å². The van der Waals surface area contributed by atoms with Crippen molar-refractivity contribution < 1.29 is 17.5 Å². The van der Waals surface area contributed by atoms with E-state index in [1.165, 1.54) is 15.0 Å². The van der Waals surface area contributed by atoms with Crippen LogP contribution in [-0.4, -0.2) is 26.6 Å². The average molecular weight is 399 g/mol. The minimum Gasteiger partial charge on any atom is -0.393 e. The van der Waals surface area contributed by atoms with Crippen molar-refractivity contribution in [2.75, 3.05) is 0 Å². The summed E-state index contributed by atoms with van der Waals surface area (Å²) in [5.41, 5.74) is 6.74. The second-order valence-corrected chi connectivity index (χ2v) is 7.88. The number of aromatic nitrogens is 2. The van der Waals surface area contributed by atoms with E-state index in [-0.39, 0.29) is 0 Å². The van der Waals surface area contributed by atoms with Gasteiger partial charge in [-0.25, -0.2) is 4.39 Å². The van der Waals surface area contributed by atoms with Crippen LogP contribution in [0.4, 0.5) is 13.0 Å². The summed E-state index contributed by atoms with van der Waals surface area (Å²) in [5, 5.41) is 0. The van der Waals surface area contributed by atoms with Gasteiger partial charge in [-0.15, -0.1) is 0 Å². The summed E-state index contributed by atoms with van der Waals surface area (Å²) >= 11 is 0. The molecule has 4 rings (SSSR count). The highest BCUT2D eigenvalue weighted by molar-refractivity contribution is 6.58. The lowest BCUT2D eigenvalue weighted by molar-refractivity contribution is -0.363. The van der Waals surface area contributed by atoms with Crippen molar-refractivity contribution in [2.24, 2.45) is 0 Å². The zero-order valence-corrected chi connectivity index (χ0v) is 17.7. The SMILES string of the molecule is CCC1=C(C)C2=C(c3cncc(F)c3)c3c(C)c(CC)c(C)n3[B-](F)(F)[N+]2=C1C. The first kappa shape index (κ1) is 19.7. The van der Waals surface area contributed by atoms with Crippen molar-refractivity contribution in [3.8, 4) is 0 Å². The molecule has 3 nitrogen and oxygen atoms in total. The lowest BCUT2D eigenvalue weighted by atomic mass is 9.84. The molecule has 29 heavy (non-hydrogen) atoms. The number of hydrogen-bond donors (Lipinski definition) is 0. The summed E-state index contributed by atoms with van der Waals surface area (Å²) < 4.78 is 48.5. The third kappa shape index (κ3) is 2.45. The Morgan fingerprint density at radius 3 is 2.34 bits per heavy atom. The maximum Gasteiger partial charge on any atom is 0.737 e. The van der Waals surface area contributed by atoms with Crippen LogP contribution in [0.3, 0.4) is 0 Å². The molecule has 2 aliphatic rings. The molecule has 2 aromatic rings. The van der Waals surface area contributed by atoms with E-state index in [9.17, 15) is 4.39 Å². The Bertz CT molecular complexity index is 1150. The Morgan fingerprint density at radius 2 is 1.76 bits per heavy atom. The van der Waals surface area contributed by atoms with Crippen LogP contribution in [0.1, 0.15) is 62.2 Å². The molecule has 0 N–H and O–H groups in total. The van der Waals surface area contributed by atoms with E-state index in [0.29, 0.717) is 46.8 Å². The molecule has 0 aromatic carbocycles. The molecule has 0 saturated carbocycles. The van der Waals surface area contributed by atoms with Gasteiger partial charge in [-0.1, -0.05) is 13.8 Å². The number of nitrogens with zero attached hydrogens (tertiary/aromatic N) is 3. The topological polar surface area (TPSA) is 20.8 Å². The number of halogens is 3. The average Bonchev–Trinajstić information content (AvgIpc) is 3.07. The standard InChI is InChI=1S/C22H25BF3N3/c1-7-18-12(3)21-20(16-9-17(24)11-27-10-16)22-13(4)19(8-2)15(6)29(22)23(25,26)28(21)14(18)5/h9-11H,7-8H2,1-6H3. The Morgan fingerprint density at radius 1 is 1.07 bits per heavy atom. The van der Waals surface area contributed by atoms with Crippen molar-refractivity contribution in [1.82, 2.24) is 9.46 Å². The molecule has 4 heterocycles. The van der Waals surface area contributed by atoms with Crippen molar-refractivity contribution in [3.05, 3.63) is 69.2 Å². The van der Waals surface area contributed by atoms with Crippen molar-refractivity contribution >= 4 is 18.3 Å². The van der Waals surface area contributed by atoms with E-state index in [0.717, 1.165) is 28.5 Å². The Labute approximate surface area is 169 Å². The summed E-state index contributed by atoms with van der Waals surface area (Å²) in [6.45, 7) is 7.16. The minimum atomic E-state index is -4.07. The molecular formula is C22H25BF3N3. The van der Waals surface area contributed by atoms with Gasteiger partial charge in [0.15, 0.2) is 5.70 Å². The zero-order chi connectivity index (χ0) is 21.2. The van der Waals surface area contributed by atoms with Crippen molar-refractivity contribution in [3.63, 3.8) is 0 Å². The fourth-order valence-electron chi connectivity index (χ4n) is 5.30. The molecule has 2 aromatic heterocycles. The van der Waals surface area contributed by atoms with E-state index in [1.54, 1.807) is 20.0 Å². The second-order valence-electron chi connectivity index (χ2n) is 7.88. The normalized spacial score (nSPS) is 18.0. The highest BCUT2D eigenvalue weighted by atomic mass is 19.2. The smallest absolute Gasteiger partial charge is 0.393 e. The molecule has 0 unspecified atom stereocenters. The maximum absolute atomic E-state index is 16.0. The molecule has 0 amide bonds. The van der Waals surface area contributed by atoms with Crippen LogP contribution >= 0.6 is 0 Å². The van der Waals surface area contributed by atoms with E-state index in [4.69, 9.17) is 0 Å². The van der Waals surface area contributed by atoms with E-state index < -0.39 is 12.8 Å². The fraction of sp³-hybridized carbons (Fsp3) is 0.364. The summed E-state index contributed by atoms with van der Waals surface area (Å²) in [6.07, 6.45) is 4.01. The lowest BCUT2D eigenvalue weighted by Gasteiger charge is -2.34. The van der Waals surface area contributed by atoms with Gasteiger partial charge in [0.25, 0.3) is 0 Å². The van der Waals surface area contributed by atoms with Crippen molar-refractivity contribution in [1.29, 1.82) is 0 Å². The van der Waals surface area contributed by atoms with Gasteiger partial charge in [-0.3, -0.25) is 4.98 Å². The van der Waals surface area contributed by atoms with Crippen LogP contribution in [0.15, 0.2) is 35.3 Å². The summed E-state index contributed by atoms with van der Waals surface area (Å²) in [4.78, 5) is 4.00.